The second kappa shape index (κ2) is 6.52. The molecule has 0 atom stereocenters. The summed E-state index contributed by atoms with van der Waals surface area (Å²) in [7, 11) is 0. The molecule has 1 aromatic carbocycles. The van der Waals surface area contributed by atoms with Gasteiger partial charge in [0.2, 0.25) is 0 Å². The number of Topliss-reactive ketones (excluding diaryl/α,β-unsaturated/α-hetero) is 1. The van der Waals surface area contributed by atoms with Crippen LogP contribution in [0.1, 0.15) is 42.7 Å². The smallest absolute Gasteiger partial charge is 0.164 e. The number of ether oxygens (including phenoxy) is 1. The highest BCUT2D eigenvalue weighted by atomic mass is 19.1. The average molecular weight is 291 g/mol. The lowest BCUT2D eigenvalue weighted by atomic mass is 10.0. The molecule has 0 unspecified atom stereocenters. The molecule has 0 aliphatic heterocycles. The Balaban J connectivity index is 2.54. The summed E-state index contributed by atoms with van der Waals surface area (Å²) in [4.78, 5) is 15.8. The second-order valence-electron chi connectivity index (χ2n) is 4.85. The van der Waals surface area contributed by atoms with Crippen LogP contribution in [-0.2, 0) is 6.67 Å². The maximum absolute atomic E-state index is 12.9. The van der Waals surface area contributed by atoms with E-state index in [1.165, 1.54) is 6.92 Å². The molecule has 21 heavy (non-hydrogen) atoms. The number of hydrogen-bond donors (Lipinski definition) is 1. The Morgan fingerprint density at radius 1 is 1.43 bits per heavy atom. The number of benzene rings is 1. The van der Waals surface area contributed by atoms with Crippen molar-refractivity contribution < 1.29 is 19.0 Å². The van der Waals surface area contributed by atoms with Gasteiger partial charge in [-0.25, -0.2) is 9.37 Å². The van der Waals surface area contributed by atoms with E-state index in [1.54, 1.807) is 18.2 Å². The highest BCUT2D eigenvalue weighted by molar-refractivity contribution is 6.09. The summed E-state index contributed by atoms with van der Waals surface area (Å²) in [6.45, 7) is 3.06. The molecule has 112 valence electrons. The number of hydrogen-bond acceptors (Lipinski definition) is 4. The molecule has 0 aliphatic rings. The summed E-state index contributed by atoms with van der Waals surface area (Å²) in [6.07, 6.45) is 1.95. The minimum absolute atomic E-state index is 0.0913. The Morgan fingerprint density at radius 2 is 2.19 bits per heavy atom. The Morgan fingerprint density at radius 3 is 2.81 bits per heavy atom. The minimum Gasteiger partial charge on any atom is -0.505 e. The molecule has 2 aromatic rings. The van der Waals surface area contributed by atoms with Gasteiger partial charge in [0.1, 0.15) is 18.1 Å². The van der Waals surface area contributed by atoms with Crippen LogP contribution in [0, 0.1) is 0 Å². The van der Waals surface area contributed by atoms with Crippen molar-refractivity contribution in [1.29, 1.82) is 0 Å². The fourth-order valence-corrected chi connectivity index (χ4v) is 2.16. The number of aromatic hydroxyl groups is 1. The van der Waals surface area contributed by atoms with E-state index in [9.17, 15) is 14.3 Å². The molecule has 0 saturated heterocycles. The molecule has 1 N–H and O–H groups in total. The first-order chi connectivity index (χ1) is 10.1. The summed E-state index contributed by atoms with van der Waals surface area (Å²) in [6, 6.07) is 5.06. The summed E-state index contributed by atoms with van der Waals surface area (Å²) in [5.41, 5.74) is 0.439. The fraction of sp³-hybridized carbons (Fsp3) is 0.375. The van der Waals surface area contributed by atoms with E-state index in [0.717, 1.165) is 12.8 Å². The molecule has 0 radical (unpaired) electrons. The molecule has 0 spiro atoms. The maximum atomic E-state index is 12.9. The van der Waals surface area contributed by atoms with Crippen LogP contribution in [0.2, 0.25) is 0 Å². The minimum atomic E-state index is -0.920. The lowest BCUT2D eigenvalue weighted by Crippen LogP contribution is -2.02. The van der Waals surface area contributed by atoms with Gasteiger partial charge in [0, 0.05) is 5.39 Å². The molecular weight excluding hydrogens is 273 g/mol. The molecule has 0 amide bonds. The van der Waals surface area contributed by atoms with Crippen LogP contribution in [0.15, 0.2) is 18.2 Å². The Bertz CT molecular complexity index is 670. The molecule has 0 saturated carbocycles. The third-order valence-electron chi connectivity index (χ3n) is 3.25. The number of pyridine rings is 1. The zero-order chi connectivity index (χ0) is 15.4. The normalized spacial score (nSPS) is 10.8. The van der Waals surface area contributed by atoms with Crippen LogP contribution in [0.5, 0.6) is 11.5 Å². The number of halogens is 1. The van der Waals surface area contributed by atoms with Gasteiger partial charge in [-0.05, 0) is 31.5 Å². The van der Waals surface area contributed by atoms with Crippen LogP contribution >= 0.6 is 0 Å². The molecule has 1 aromatic heterocycles. The maximum Gasteiger partial charge on any atom is 0.164 e. The van der Waals surface area contributed by atoms with Gasteiger partial charge in [-0.1, -0.05) is 13.3 Å². The van der Waals surface area contributed by atoms with Gasteiger partial charge in [0.25, 0.3) is 0 Å². The van der Waals surface area contributed by atoms with E-state index in [0.29, 0.717) is 23.3 Å². The zero-order valence-corrected chi connectivity index (χ0v) is 12.1. The number of rotatable bonds is 6. The number of carbonyl (C=O) groups excluding carboxylic acids is 1. The predicted octanol–water partition coefficient (Wildman–Crippen LogP) is 3.79. The van der Waals surface area contributed by atoms with Crippen molar-refractivity contribution in [3.8, 4) is 11.5 Å². The van der Waals surface area contributed by atoms with E-state index in [2.05, 4.69) is 11.9 Å². The first-order valence-electron chi connectivity index (χ1n) is 6.93. The number of unbranched alkanes of at least 4 members (excludes halogenated alkanes) is 1. The van der Waals surface area contributed by atoms with E-state index >= 15 is 0 Å². The van der Waals surface area contributed by atoms with Gasteiger partial charge in [0.15, 0.2) is 11.5 Å². The van der Waals surface area contributed by atoms with E-state index < -0.39 is 6.67 Å². The monoisotopic (exact) mass is 291 g/mol. The molecular formula is C16H18FNO3. The van der Waals surface area contributed by atoms with Crippen LogP contribution in [0.25, 0.3) is 10.9 Å². The lowest BCUT2D eigenvalue weighted by molar-refractivity contribution is 0.101. The van der Waals surface area contributed by atoms with Crippen LogP contribution in [0.3, 0.4) is 0 Å². The average Bonchev–Trinajstić information content (AvgIpc) is 2.46. The Labute approximate surface area is 122 Å². The number of ketones is 1. The number of aromatic nitrogens is 1. The standard InChI is InChI=1S/C16H18FNO3/c1-3-4-7-21-11-5-6-13-12(8-11)15(10(2)19)16(20)14(9-17)18-13/h5-6,8,20H,3-4,7,9H2,1-2H3. The molecule has 0 fully saturated rings. The first-order valence-corrected chi connectivity index (χ1v) is 6.93. The van der Waals surface area contributed by atoms with Crippen molar-refractivity contribution in [2.45, 2.75) is 33.4 Å². The van der Waals surface area contributed by atoms with Crippen molar-refractivity contribution in [2.24, 2.45) is 0 Å². The van der Waals surface area contributed by atoms with Crippen molar-refractivity contribution in [3.05, 3.63) is 29.5 Å². The van der Waals surface area contributed by atoms with Gasteiger partial charge >= 0.3 is 0 Å². The summed E-state index contributed by atoms with van der Waals surface area (Å²) in [5, 5.41) is 10.5. The van der Waals surface area contributed by atoms with Crippen LogP contribution in [0.4, 0.5) is 4.39 Å². The van der Waals surface area contributed by atoms with Gasteiger partial charge in [0.05, 0.1) is 17.7 Å². The lowest BCUT2D eigenvalue weighted by Gasteiger charge is -2.11. The van der Waals surface area contributed by atoms with Gasteiger partial charge in [-0.15, -0.1) is 0 Å². The number of carbonyl (C=O) groups is 1. The van der Waals surface area contributed by atoms with Crippen molar-refractivity contribution in [2.75, 3.05) is 6.61 Å². The van der Waals surface area contributed by atoms with Crippen molar-refractivity contribution in [3.63, 3.8) is 0 Å². The summed E-state index contributed by atoms with van der Waals surface area (Å²) in [5.74, 6) is -0.115. The second-order valence-corrected chi connectivity index (χ2v) is 4.85. The molecule has 5 heteroatoms. The topological polar surface area (TPSA) is 59.4 Å². The van der Waals surface area contributed by atoms with Crippen molar-refractivity contribution >= 4 is 16.7 Å². The predicted molar refractivity (Wildman–Crippen MR) is 78.6 cm³/mol. The summed E-state index contributed by atoms with van der Waals surface area (Å²) >= 11 is 0. The third-order valence-corrected chi connectivity index (χ3v) is 3.25. The molecule has 1 heterocycles. The zero-order valence-electron chi connectivity index (χ0n) is 12.1. The molecule has 0 bridgehead atoms. The van der Waals surface area contributed by atoms with E-state index in [4.69, 9.17) is 4.74 Å². The fourth-order valence-electron chi connectivity index (χ4n) is 2.16. The molecule has 2 rings (SSSR count). The van der Waals surface area contributed by atoms with Gasteiger partial charge < -0.3 is 9.84 Å². The van der Waals surface area contributed by atoms with E-state index in [1.807, 2.05) is 0 Å². The van der Waals surface area contributed by atoms with Crippen molar-refractivity contribution in [1.82, 2.24) is 4.98 Å². The Kier molecular flexibility index (Phi) is 4.73. The quantitative estimate of drug-likeness (QED) is 0.649. The van der Waals surface area contributed by atoms with Crippen LogP contribution < -0.4 is 4.74 Å². The number of fused-ring (bicyclic) bond motifs is 1. The molecule has 4 nitrogen and oxygen atoms in total. The number of nitrogens with zero attached hydrogens (tertiary/aromatic N) is 1. The third kappa shape index (κ3) is 3.12. The number of alkyl halides is 1. The Hall–Kier alpha value is -2.17. The highest BCUT2D eigenvalue weighted by Gasteiger charge is 2.18. The molecule has 0 aliphatic carbocycles. The van der Waals surface area contributed by atoms with Gasteiger partial charge in [-0.2, -0.15) is 0 Å². The highest BCUT2D eigenvalue weighted by Crippen LogP contribution is 2.32. The summed E-state index contributed by atoms with van der Waals surface area (Å²) < 4.78 is 18.5. The SMILES string of the molecule is CCCCOc1ccc2nc(CF)c(O)c(C(C)=O)c2c1. The van der Waals surface area contributed by atoms with E-state index in [-0.39, 0.29) is 22.8 Å². The van der Waals surface area contributed by atoms with Crippen LogP contribution in [-0.4, -0.2) is 22.5 Å². The largest absolute Gasteiger partial charge is 0.505 e. The van der Waals surface area contributed by atoms with Gasteiger partial charge in [-0.3, -0.25) is 4.79 Å². The first kappa shape index (κ1) is 15.2.